The summed E-state index contributed by atoms with van der Waals surface area (Å²) in [6, 6.07) is 4.66. The molecule has 1 amide bonds. The maximum absolute atomic E-state index is 13.5. The lowest BCUT2D eigenvalue weighted by atomic mass is 10.2. The van der Waals surface area contributed by atoms with Gasteiger partial charge in [0.25, 0.3) is 5.91 Å². The number of rotatable bonds is 9. The van der Waals surface area contributed by atoms with Crippen LogP contribution in [-0.4, -0.2) is 25.1 Å². The Morgan fingerprint density at radius 1 is 1.24 bits per heavy atom. The number of ether oxygens (including phenoxy) is 1. The van der Waals surface area contributed by atoms with E-state index in [0.717, 1.165) is 24.9 Å². The summed E-state index contributed by atoms with van der Waals surface area (Å²) in [6.45, 7) is 7.32. The van der Waals surface area contributed by atoms with Gasteiger partial charge in [-0.1, -0.05) is 20.8 Å². The summed E-state index contributed by atoms with van der Waals surface area (Å²) in [4.78, 5) is 11.7. The lowest BCUT2D eigenvalue weighted by Gasteiger charge is -2.15. The van der Waals surface area contributed by atoms with Gasteiger partial charge in [-0.25, -0.2) is 4.39 Å². The van der Waals surface area contributed by atoms with Crippen LogP contribution in [0.25, 0.3) is 0 Å². The van der Waals surface area contributed by atoms with E-state index in [-0.39, 0.29) is 24.4 Å². The quantitative estimate of drug-likeness (QED) is 0.736. The van der Waals surface area contributed by atoms with Crippen LogP contribution in [0.15, 0.2) is 18.2 Å². The maximum Gasteiger partial charge on any atom is 0.258 e. The fourth-order valence-electron chi connectivity index (χ4n) is 1.99. The van der Waals surface area contributed by atoms with Gasteiger partial charge in [-0.3, -0.25) is 4.79 Å². The summed E-state index contributed by atoms with van der Waals surface area (Å²) in [6.07, 6.45) is 1.77. The second-order valence-corrected chi connectivity index (χ2v) is 4.95. The van der Waals surface area contributed by atoms with Crippen molar-refractivity contribution in [3.8, 4) is 5.75 Å². The topological polar surface area (TPSA) is 50.4 Å². The van der Waals surface area contributed by atoms with Crippen molar-refractivity contribution in [3.05, 3.63) is 29.6 Å². The van der Waals surface area contributed by atoms with Crippen molar-refractivity contribution in [2.45, 2.75) is 46.2 Å². The highest BCUT2D eigenvalue weighted by Crippen LogP contribution is 2.16. The summed E-state index contributed by atoms with van der Waals surface area (Å²) in [7, 11) is 0. The van der Waals surface area contributed by atoms with Crippen LogP contribution in [-0.2, 0) is 11.3 Å². The summed E-state index contributed by atoms with van der Waals surface area (Å²) in [5.74, 6) is -0.162. The fourth-order valence-corrected chi connectivity index (χ4v) is 1.99. The third kappa shape index (κ3) is 6.58. The van der Waals surface area contributed by atoms with Gasteiger partial charge in [-0.05, 0) is 37.1 Å². The zero-order valence-electron chi connectivity index (χ0n) is 13.0. The van der Waals surface area contributed by atoms with E-state index in [1.165, 1.54) is 12.1 Å². The average Bonchev–Trinajstić information content (AvgIpc) is 2.48. The Kier molecular flexibility index (Phi) is 7.75. The second-order valence-electron chi connectivity index (χ2n) is 4.95. The molecule has 1 aromatic rings. The number of hydrogen-bond donors (Lipinski definition) is 2. The maximum atomic E-state index is 13.5. The van der Waals surface area contributed by atoms with Gasteiger partial charge in [0.1, 0.15) is 11.6 Å². The highest BCUT2D eigenvalue weighted by atomic mass is 19.1. The van der Waals surface area contributed by atoms with Gasteiger partial charge in [0.15, 0.2) is 6.61 Å². The number of hydrogen-bond acceptors (Lipinski definition) is 3. The lowest BCUT2D eigenvalue weighted by molar-refractivity contribution is -0.123. The van der Waals surface area contributed by atoms with E-state index in [9.17, 15) is 9.18 Å². The molecule has 0 aromatic heterocycles. The van der Waals surface area contributed by atoms with E-state index in [0.29, 0.717) is 12.3 Å². The van der Waals surface area contributed by atoms with Crippen molar-refractivity contribution >= 4 is 5.91 Å². The van der Waals surface area contributed by atoms with Crippen LogP contribution in [0, 0.1) is 5.82 Å². The van der Waals surface area contributed by atoms with Crippen molar-refractivity contribution < 1.29 is 13.9 Å². The minimum atomic E-state index is -0.360. The zero-order valence-corrected chi connectivity index (χ0v) is 13.0. The van der Waals surface area contributed by atoms with Crippen LogP contribution < -0.4 is 15.4 Å². The van der Waals surface area contributed by atoms with Gasteiger partial charge in [-0.15, -0.1) is 0 Å². The van der Waals surface area contributed by atoms with Gasteiger partial charge in [0.2, 0.25) is 0 Å². The summed E-state index contributed by atoms with van der Waals surface area (Å²) in [5.41, 5.74) is 0.798. The molecule has 0 aliphatic heterocycles. The first kappa shape index (κ1) is 17.4. The number of nitrogens with one attached hydrogen (secondary N) is 2. The molecule has 5 heteroatoms. The molecule has 0 fully saturated rings. The Hall–Kier alpha value is -1.62. The molecule has 0 atom stereocenters. The van der Waals surface area contributed by atoms with E-state index >= 15 is 0 Å². The molecule has 0 saturated heterocycles. The first-order valence-corrected chi connectivity index (χ1v) is 7.51. The Bertz CT molecular complexity index is 448. The summed E-state index contributed by atoms with van der Waals surface area (Å²) < 4.78 is 18.9. The van der Waals surface area contributed by atoms with Crippen molar-refractivity contribution in [1.29, 1.82) is 0 Å². The smallest absolute Gasteiger partial charge is 0.258 e. The summed E-state index contributed by atoms with van der Waals surface area (Å²) in [5, 5.41) is 6.00. The van der Waals surface area contributed by atoms with Gasteiger partial charge in [0.05, 0.1) is 0 Å². The Morgan fingerprint density at radius 3 is 2.57 bits per heavy atom. The van der Waals surface area contributed by atoms with Gasteiger partial charge in [0, 0.05) is 18.7 Å². The van der Waals surface area contributed by atoms with E-state index < -0.39 is 0 Å². The molecular formula is C16H25FN2O2. The third-order valence-corrected chi connectivity index (χ3v) is 3.23. The van der Waals surface area contributed by atoms with Crippen LogP contribution >= 0.6 is 0 Å². The number of carbonyl (C=O) groups is 1. The van der Waals surface area contributed by atoms with Crippen molar-refractivity contribution in [2.24, 2.45) is 0 Å². The first-order chi connectivity index (χ1) is 10.1. The average molecular weight is 296 g/mol. The molecule has 0 unspecified atom stereocenters. The Labute approximate surface area is 126 Å². The molecule has 21 heavy (non-hydrogen) atoms. The highest BCUT2D eigenvalue weighted by molar-refractivity contribution is 5.77. The predicted molar refractivity (Wildman–Crippen MR) is 81.8 cm³/mol. The van der Waals surface area contributed by atoms with Gasteiger partial charge >= 0.3 is 0 Å². The molecule has 0 aliphatic rings. The standard InChI is InChI=1S/C16H25FN2O2/c1-4-14(5-2)19-16(20)11-21-15-8-12(10-18-6-3)7-13(17)9-15/h7-9,14,18H,4-6,10-11H2,1-3H3,(H,19,20). The van der Waals surface area contributed by atoms with Gasteiger partial charge < -0.3 is 15.4 Å². The van der Waals surface area contributed by atoms with Crippen molar-refractivity contribution in [1.82, 2.24) is 10.6 Å². The number of carbonyl (C=O) groups excluding carboxylic acids is 1. The predicted octanol–water partition coefficient (Wildman–Crippen LogP) is 2.62. The normalized spacial score (nSPS) is 10.7. The molecular weight excluding hydrogens is 271 g/mol. The number of benzene rings is 1. The Balaban J connectivity index is 2.54. The summed E-state index contributed by atoms with van der Waals surface area (Å²) >= 11 is 0. The minimum absolute atomic E-state index is 0.0966. The monoisotopic (exact) mass is 296 g/mol. The molecule has 0 aliphatic carbocycles. The van der Waals surface area contributed by atoms with E-state index in [1.54, 1.807) is 6.07 Å². The Morgan fingerprint density at radius 2 is 1.95 bits per heavy atom. The molecule has 0 saturated carbocycles. The zero-order chi connectivity index (χ0) is 15.7. The largest absolute Gasteiger partial charge is 0.484 e. The van der Waals surface area contributed by atoms with Crippen molar-refractivity contribution in [3.63, 3.8) is 0 Å². The fraction of sp³-hybridized carbons (Fsp3) is 0.562. The molecule has 0 radical (unpaired) electrons. The molecule has 0 bridgehead atoms. The molecule has 4 nitrogen and oxygen atoms in total. The van der Waals surface area contributed by atoms with E-state index in [2.05, 4.69) is 10.6 Å². The minimum Gasteiger partial charge on any atom is -0.484 e. The van der Waals surface area contributed by atoms with Crippen LogP contribution in [0.5, 0.6) is 5.75 Å². The number of amides is 1. The third-order valence-electron chi connectivity index (χ3n) is 3.23. The lowest BCUT2D eigenvalue weighted by Crippen LogP contribution is -2.37. The van der Waals surface area contributed by atoms with E-state index in [1.807, 2.05) is 20.8 Å². The molecule has 1 aromatic carbocycles. The van der Waals surface area contributed by atoms with Crippen LogP contribution in [0.4, 0.5) is 4.39 Å². The SMILES string of the molecule is CCNCc1cc(F)cc(OCC(=O)NC(CC)CC)c1. The molecule has 0 heterocycles. The van der Waals surface area contributed by atoms with E-state index in [4.69, 9.17) is 4.74 Å². The number of halogens is 1. The second kappa shape index (κ2) is 9.34. The molecule has 1 rings (SSSR count). The first-order valence-electron chi connectivity index (χ1n) is 7.51. The highest BCUT2D eigenvalue weighted by Gasteiger charge is 2.09. The van der Waals surface area contributed by atoms with Gasteiger partial charge in [-0.2, -0.15) is 0 Å². The van der Waals surface area contributed by atoms with Crippen LogP contribution in [0.3, 0.4) is 0 Å². The van der Waals surface area contributed by atoms with Crippen molar-refractivity contribution in [2.75, 3.05) is 13.2 Å². The van der Waals surface area contributed by atoms with Crippen LogP contribution in [0.2, 0.25) is 0 Å². The van der Waals surface area contributed by atoms with Crippen LogP contribution in [0.1, 0.15) is 39.2 Å². The molecule has 118 valence electrons. The molecule has 0 spiro atoms. The molecule has 2 N–H and O–H groups in total.